The molecular weight excluding hydrogens is 350 g/mol. The normalized spacial score (nSPS) is 16.0. The Labute approximate surface area is 147 Å². The zero-order chi connectivity index (χ0) is 18.6. The summed E-state index contributed by atoms with van der Waals surface area (Å²) in [5, 5.41) is 10.6. The van der Waals surface area contributed by atoms with Crippen molar-refractivity contribution in [1.29, 1.82) is 0 Å². The molecule has 0 spiro atoms. The Kier molecular flexibility index (Phi) is 5.88. The van der Waals surface area contributed by atoms with Gasteiger partial charge in [-0.15, -0.1) is 0 Å². The van der Waals surface area contributed by atoms with Crippen LogP contribution in [0.4, 0.5) is 10.5 Å². The van der Waals surface area contributed by atoms with E-state index in [1.165, 1.54) is 30.3 Å². The Bertz CT molecular complexity index is 744. The minimum absolute atomic E-state index is 0.0809. The van der Waals surface area contributed by atoms with Crippen molar-refractivity contribution in [2.75, 3.05) is 6.61 Å². The molecule has 3 amide bonds. The van der Waals surface area contributed by atoms with Gasteiger partial charge in [-0.25, -0.2) is 0 Å². The third-order valence-electron chi connectivity index (χ3n) is 2.98. The first kappa shape index (κ1) is 18.6. The fourth-order valence-corrected chi connectivity index (χ4v) is 2.59. The number of benzene rings is 1. The maximum atomic E-state index is 12.2. The number of thioether (sulfide) groups is 1. The molecule has 1 aliphatic heterocycles. The molecule has 1 N–H and O–H groups in total. The molecule has 1 aromatic carbocycles. The third-order valence-corrected chi connectivity index (χ3v) is 3.85. The molecule has 1 aliphatic rings. The minimum Gasteiger partial charge on any atom is -0.369 e. The summed E-state index contributed by atoms with van der Waals surface area (Å²) in [6.07, 6.45) is 1.26. The molecule has 1 heterocycles. The van der Waals surface area contributed by atoms with E-state index in [-0.39, 0.29) is 23.3 Å². The number of rotatable bonds is 6. The van der Waals surface area contributed by atoms with Crippen LogP contribution < -0.4 is 5.43 Å². The summed E-state index contributed by atoms with van der Waals surface area (Å²) in [7, 11) is 0. The Hall–Kier alpha value is -2.72. The molecule has 132 valence electrons. The Balaban J connectivity index is 2.06. The zero-order valence-corrected chi connectivity index (χ0v) is 14.2. The second-order valence-corrected chi connectivity index (χ2v) is 6.25. The monoisotopic (exact) mass is 365 g/mol. The second kappa shape index (κ2) is 7.90. The lowest BCUT2D eigenvalue weighted by Crippen LogP contribution is -2.46. The van der Waals surface area contributed by atoms with Gasteiger partial charge in [0.15, 0.2) is 0 Å². The van der Waals surface area contributed by atoms with E-state index in [2.05, 4.69) is 5.43 Å². The van der Waals surface area contributed by atoms with E-state index in [1.54, 1.807) is 13.8 Å². The van der Waals surface area contributed by atoms with Gasteiger partial charge in [0.05, 0.1) is 15.9 Å². The van der Waals surface area contributed by atoms with Gasteiger partial charge < -0.3 is 4.74 Å². The topological polar surface area (TPSA) is 119 Å². The van der Waals surface area contributed by atoms with Gasteiger partial charge in [0.1, 0.15) is 6.61 Å². The number of hydrogen-bond acceptors (Lipinski definition) is 7. The van der Waals surface area contributed by atoms with Crippen LogP contribution in [0.15, 0.2) is 29.2 Å². The number of carbonyl (C=O) groups excluding carboxylic acids is 3. The number of imide groups is 1. The fourth-order valence-electron chi connectivity index (χ4n) is 1.81. The number of ether oxygens (including phenoxy) is 1. The highest BCUT2D eigenvalue weighted by Gasteiger charge is 2.36. The molecule has 0 saturated carbocycles. The predicted octanol–water partition coefficient (Wildman–Crippen LogP) is 2.09. The van der Waals surface area contributed by atoms with Gasteiger partial charge in [0.2, 0.25) is 0 Å². The van der Waals surface area contributed by atoms with Gasteiger partial charge in [-0.05, 0) is 49.4 Å². The third kappa shape index (κ3) is 4.88. The average molecular weight is 365 g/mol. The lowest BCUT2D eigenvalue weighted by molar-refractivity contribution is -0.384. The number of hydrogen-bond donors (Lipinski definition) is 1. The van der Waals surface area contributed by atoms with Crippen LogP contribution in [0.1, 0.15) is 19.4 Å². The largest absolute Gasteiger partial charge is 0.369 e. The number of nitrogens with zero attached hydrogens (tertiary/aromatic N) is 2. The van der Waals surface area contributed by atoms with Crippen LogP contribution >= 0.6 is 11.8 Å². The Morgan fingerprint density at radius 1 is 1.36 bits per heavy atom. The number of carbonyl (C=O) groups is 3. The number of nitrogens with one attached hydrogen (secondary N) is 1. The maximum absolute atomic E-state index is 12.2. The summed E-state index contributed by atoms with van der Waals surface area (Å²) >= 11 is 0.663. The van der Waals surface area contributed by atoms with Gasteiger partial charge in [-0.1, -0.05) is 0 Å². The maximum Gasteiger partial charge on any atom is 0.312 e. The van der Waals surface area contributed by atoms with Gasteiger partial charge in [-0.2, -0.15) is 5.01 Å². The van der Waals surface area contributed by atoms with Crippen molar-refractivity contribution in [3.05, 3.63) is 44.8 Å². The summed E-state index contributed by atoms with van der Waals surface area (Å²) in [5.74, 6) is -1.29. The fraction of sp³-hybridized carbons (Fsp3) is 0.267. The number of nitro benzene ring substituents is 1. The quantitative estimate of drug-likeness (QED) is 0.466. The van der Waals surface area contributed by atoms with E-state index >= 15 is 0 Å². The summed E-state index contributed by atoms with van der Waals surface area (Å²) in [6.45, 7) is 3.22. The van der Waals surface area contributed by atoms with E-state index in [1.807, 2.05) is 0 Å². The molecule has 25 heavy (non-hydrogen) atoms. The molecule has 1 saturated heterocycles. The van der Waals surface area contributed by atoms with Gasteiger partial charge in [0, 0.05) is 12.1 Å². The van der Waals surface area contributed by atoms with E-state index in [4.69, 9.17) is 4.74 Å². The average Bonchev–Trinajstić information content (AvgIpc) is 2.81. The van der Waals surface area contributed by atoms with Crippen LogP contribution in [0, 0.1) is 10.1 Å². The van der Waals surface area contributed by atoms with Crippen LogP contribution in [0.25, 0.3) is 6.08 Å². The SMILES string of the molecule is CC(C)OCC(=O)NN1C(=O)SC(=Cc2ccc([N+](=O)[O-])cc2)C1=O. The van der Waals surface area contributed by atoms with Crippen LogP contribution in [-0.2, 0) is 14.3 Å². The van der Waals surface area contributed by atoms with Gasteiger partial charge >= 0.3 is 5.24 Å². The van der Waals surface area contributed by atoms with Crippen molar-refractivity contribution in [2.45, 2.75) is 20.0 Å². The summed E-state index contributed by atoms with van der Waals surface area (Å²) in [6, 6.07) is 5.50. The first-order valence-corrected chi connectivity index (χ1v) is 8.03. The summed E-state index contributed by atoms with van der Waals surface area (Å²) in [4.78, 5) is 46.0. The molecule has 2 rings (SSSR count). The van der Waals surface area contributed by atoms with Crippen molar-refractivity contribution in [3.63, 3.8) is 0 Å². The minimum atomic E-state index is -0.675. The lowest BCUT2D eigenvalue weighted by Gasteiger charge is -2.14. The van der Waals surface area contributed by atoms with Gasteiger partial charge in [0.25, 0.3) is 17.5 Å². The first-order chi connectivity index (χ1) is 11.8. The first-order valence-electron chi connectivity index (χ1n) is 7.21. The van der Waals surface area contributed by atoms with Crippen molar-refractivity contribution in [1.82, 2.24) is 10.4 Å². The molecule has 10 heteroatoms. The highest BCUT2D eigenvalue weighted by molar-refractivity contribution is 8.18. The van der Waals surface area contributed by atoms with Crippen LogP contribution in [0.2, 0.25) is 0 Å². The van der Waals surface area contributed by atoms with Crippen molar-refractivity contribution >= 4 is 40.6 Å². The number of nitro groups is 1. The molecule has 1 fully saturated rings. The van der Waals surface area contributed by atoms with Crippen LogP contribution in [0.3, 0.4) is 0 Å². The van der Waals surface area contributed by atoms with Gasteiger partial charge in [-0.3, -0.25) is 29.9 Å². The molecule has 0 unspecified atom stereocenters. The molecule has 1 aromatic rings. The van der Waals surface area contributed by atoms with E-state index < -0.39 is 22.0 Å². The molecule has 9 nitrogen and oxygen atoms in total. The number of hydrazine groups is 1. The predicted molar refractivity (Wildman–Crippen MR) is 90.1 cm³/mol. The Morgan fingerprint density at radius 3 is 2.56 bits per heavy atom. The molecule has 0 aromatic heterocycles. The number of amides is 3. The molecular formula is C15H15N3O6S. The molecule has 0 atom stereocenters. The van der Waals surface area contributed by atoms with E-state index in [0.29, 0.717) is 22.3 Å². The van der Waals surface area contributed by atoms with E-state index in [0.717, 1.165) is 0 Å². The number of non-ortho nitro benzene ring substituents is 1. The molecule has 0 radical (unpaired) electrons. The smallest absolute Gasteiger partial charge is 0.312 e. The van der Waals surface area contributed by atoms with Crippen LogP contribution in [-0.4, -0.2) is 39.7 Å². The standard InChI is InChI=1S/C15H15N3O6S/c1-9(2)24-8-13(19)16-17-14(20)12(25-15(17)21)7-10-3-5-11(6-4-10)18(22)23/h3-7,9H,8H2,1-2H3,(H,16,19). The van der Waals surface area contributed by atoms with Crippen molar-refractivity contribution in [3.8, 4) is 0 Å². The second-order valence-electron chi connectivity index (χ2n) is 5.26. The highest BCUT2D eigenvalue weighted by atomic mass is 32.2. The van der Waals surface area contributed by atoms with Crippen LogP contribution in [0.5, 0.6) is 0 Å². The molecule has 0 aliphatic carbocycles. The van der Waals surface area contributed by atoms with E-state index in [9.17, 15) is 24.5 Å². The highest BCUT2D eigenvalue weighted by Crippen LogP contribution is 2.31. The zero-order valence-electron chi connectivity index (χ0n) is 13.4. The van der Waals surface area contributed by atoms with Crippen molar-refractivity contribution in [2.24, 2.45) is 0 Å². The summed E-state index contributed by atoms with van der Waals surface area (Å²) < 4.78 is 5.10. The summed E-state index contributed by atoms with van der Waals surface area (Å²) in [5.41, 5.74) is 2.63. The van der Waals surface area contributed by atoms with Crippen molar-refractivity contribution < 1.29 is 24.0 Å². The Morgan fingerprint density at radius 2 is 2.00 bits per heavy atom. The molecule has 0 bridgehead atoms. The lowest BCUT2D eigenvalue weighted by atomic mass is 10.2.